The van der Waals surface area contributed by atoms with Crippen LogP contribution in [0.1, 0.15) is 21.7 Å². The van der Waals surface area contributed by atoms with Crippen LogP contribution >= 0.6 is 0 Å². The Kier molecular flexibility index (Phi) is 2.15. The number of ketones is 1. The summed E-state index contributed by atoms with van der Waals surface area (Å²) in [5.41, 5.74) is 1.91. The van der Waals surface area contributed by atoms with Gasteiger partial charge in [-0.1, -0.05) is 36.4 Å². The summed E-state index contributed by atoms with van der Waals surface area (Å²) in [6, 6.07) is 14.5. The molecule has 0 fully saturated rings. The fourth-order valence-corrected chi connectivity index (χ4v) is 2.66. The molecule has 0 atom stereocenters. The minimum Gasteiger partial charge on any atom is -0.285 e. The van der Waals surface area contributed by atoms with Crippen LogP contribution in [0.4, 0.5) is 0 Å². The first-order chi connectivity index (χ1) is 9.75. The zero-order chi connectivity index (χ0) is 13.7. The van der Waals surface area contributed by atoms with E-state index in [4.69, 9.17) is 0 Å². The van der Waals surface area contributed by atoms with Gasteiger partial charge in [0.2, 0.25) is 5.78 Å². The molecule has 4 rings (SSSR count). The Bertz CT molecular complexity index is 925. The second-order valence-electron chi connectivity index (χ2n) is 4.83. The van der Waals surface area contributed by atoms with E-state index in [1.165, 1.54) is 4.57 Å². The number of aromatic nitrogens is 2. The van der Waals surface area contributed by atoms with Crippen LogP contribution in [0.25, 0.3) is 10.9 Å². The molecule has 0 bridgehead atoms. The zero-order valence-electron chi connectivity index (χ0n) is 10.5. The van der Waals surface area contributed by atoms with Crippen LogP contribution in [0.3, 0.4) is 0 Å². The third kappa shape index (κ3) is 1.39. The molecule has 1 aromatic heterocycles. The highest BCUT2D eigenvalue weighted by Crippen LogP contribution is 2.21. The van der Waals surface area contributed by atoms with Gasteiger partial charge < -0.3 is 0 Å². The fraction of sp³-hybridized carbons (Fsp3) is 0.0625. The second kappa shape index (κ2) is 3.87. The largest absolute Gasteiger partial charge is 0.285 e. The third-order valence-electron chi connectivity index (χ3n) is 3.66. The number of nitrogens with zero attached hydrogens (tertiary/aromatic N) is 2. The van der Waals surface area contributed by atoms with Crippen molar-refractivity contribution < 1.29 is 4.79 Å². The molecule has 0 aliphatic carbocycles. The molecule has 0 saturated carbocycles. The van der Waals surface area contributed by atoms with Crippen molar-refractivity contribution in [3.63, 3.8) is 0 Å². The molecule has 20 heavy (non-hydrogen) atoms. The minimum atomic E-state index is -0.185. The SMILES string of the molecule is O=C1c2ccccc2Cn2c1nc1ccccc1c2=O. The summed E-state index contributed by atoms with van der Waals surface area (Å²) < 4.78 is 1.47. The van der Waals surface area contributed by atoms with Crippen molar-refractivity contribution in [2.45, 2.75) is 6.54 Å². The number of hydrogen-bond donors (Lipinski definition) is 0. The highest BCUT2D eigenvalue weighted by atomic mass is 16.1. The lowest BCUT2D eigenvalue weighted by Gasteiger charge is -2.19. The van der Waals surface area contributed by atoms with E-state index < -0.39 is 0 Å². The number of hydrogen-bond acceptors (Lipinski definition) is 3. The van der Waals surface area contributed by atoms with Gasteiger partial charge >= 0.3 is 0 Å². The van der Waals surface area contributed by atoms with Crippen LogP contribution in [-0.4, -0.2) is 15.3 Å². The van der Waals surface area contributed by atoms with Crippen LogP contribution in [0.5, 0.6) is 0 Å². The van der Waals surface area contributed by atoms with E-state index in [0.29, 0.717) is 23.0 Å². The summed E-state index contributed by atoms with van der Waals surface area (Å²) in [6.07, 6.45) is 0. The van der Waals surface area contributed by atoms with Crippen molar-refractivity contribution in [1.82, 2.24) is 9.55 Å². The van der Waals surface area contributed by atoms with Crippen LogP contribution < -0.4 is 5.56 Å². The summed E-state index contributed by atoms with van der Waals surface area (Å²) in [7, 11) is 0. The van der Waals surface area contributed by atoms with Gasteiger partial charge in [0.1, 0.15) is 0 Å². The molecule has 0 N–H and O–H groups in total. The number of benzene rings is 2. The summed E-state index contributed by atoms with van der Waals surface area (Å²) in [5, 5.41) is 0.545. The van der Waals surface area contributed by atoms with Gasteiger partial charge in [-0.15, -0.1) is 0 Å². The average molecular weight is 262 g/mol. The molecule has 0 spiro atoms. The lowest BCUT2D eigenvalue weighted by molar-refractivity contribution is 0.101. The predicted octanol–water partition coefficient (Wildman–Crippen LogP) is 1.99. The first-order valence-corrected chi connectivity index (χ1v) is 6.38. The molecule has 96 valence electrons. The minimum absolute atomic E-state index is 0.159. The number of carbonyl (C=O) groups excluding carboxylic acids is 1. The third-order valence-corrected chi connectivity index (χ3v) is 3.66. The van der Waals surface area contributed by atoms with E-state index in [0.717, 1.165) is 5.56 Å². The molecule has 4 nitrogen and oxygen atoms in total. The highest BCUT2D eigenvalue weighted by molar-refractivity contribution is 6.09. The standard InChI is InChI=1S/C16H10N2O2/c19-14-11-6-2-1-5-10(11)9-18-15(14)17-13-8-4-3-7-12(13)16(18)20/h1-8H,9H2. The first-order valence-electron chi connectivity index (χ1n) is 6.38. The lowest BCUT2D eigenvalue weighted by Crippen LogP contribution is -2.32. The topological polar surface area (TPSA) is 52.0 Å². The molecule has 0 saturated heterocycles. The van der Waals surface area contributed by atoms with E-state index in [-0.39, 0.29) is 17.2 Å². The molecule has 3 aromatic rings. The van der Waals surface area contributed by atoms with Crippen LogP contribution in [0, 0.1) is 0 Å². The normalized spacial score (nSPS) is 13.1. The monoisotopic (exact) mass is 262 g/mol. The smallest absolute Gasteiger partial charge is 0.262 e. The number of carbonyl (C=O) groups is 1. The van der Waals surface area contributed by atoms with Crippen molar-refractivity contribution in [1.29, 1.82) is 0 Å². The Balaban J connectivity index is 2.09. The van der Waals surface area contributed by atoms with E-state index in [2.05, 4.69) is 4.98 Å². The van der Waals surface area contributed by atoms with Gasteiger partial charge in [0, 0.05) is 5.56 Å². The number of fused-ring (bicyclic) bond motifs is 3. The molecule has 0 unspecified atom stereocenters. The Morgan fingerprint density at radius 1 is 0.950 bits per heavy atom. The summed E-state index contributed by atoms with van der Waals surface area (Å²) in [5.74, 6) is 0.0436. The van der Waals surface area contributed by atoms with Gasteiger partial charge in [-0.3, -0.25) is 14.2 Å². The quantitative estimate of drug-likeness (QED) is 0.487. The van der Waals surface area contributed by atoms with E-state index >= 15 is 0 Å². The van der Waals surface area contributed by atoms with Crippen molar-refractivity contribution >= 4 is 16.7 Å². The zero-order valence-corrected chi connectivity index (χ0v) is 10.5. The van der Waals surface area contributed by atoms with E-state index in [9.17, 15) is 9.59 Å². The predicted molar refractivity (Wildman–Crippen MR) is 75.0 cm³/mol. The molecule has 4 heteroatoms. The lowest BCUT2D eigenvalue weighted by atomic mass is 9.99. The molecule has 1 aliphatic heterocycles. The molecular formula is C16H10N2O2. The van der Waals surface area contributed by atoms with E-state index in [1.807, 2.05) is 24.3 Å². The van der Waals surface area contributed by atoms with Crippen LogP contribution in [0.2, 0.25) is 0 Å². The molecule has 2 aromatic carbocycles. The van der Waals surface area contributed by atoms with Crippen molar-refractivity contribution in [2.75, 3.05) is 0 Å². The van der Waals surface area contributed by atoms with Gasteiger partial charge in [0.05, 0.1) is 17.4 Å². The Labute approximate surface area is 114 Å². The van der Waals surface area contributed by atoms with Gasteiger partial charge in [0.15, 0.2) is 5.82 Å². The molecule has 2 heterocycles. The number of rotatable bonds is 0. The molecular weight excluding hydrogens is 252 g/mol. The number of para-hydroxylation sites is 1. The maximum Gasteiger partial charge on any atom is 0.262 e. The van der Waals surface area contributed by atoms with Gasteiger partial charge in [0.25, 0.3) is 5.56 Å². The molecule has 0 amide bonds. The van der Waals surface area contributed by atoms with Crippen molar-refractivity contribution in [3.8, 4) is 0 Å². The van der Waals surface area contributed by atoms with Gasteiger partial charge in [-0.2, -0.15) is 0 Å². The van der Waals surface area contributed by atoms with Gasteiger partial charge in [-0.25, -0.2) is 4.98 Å². The Hall–Kier alpha value is -2.75. The fourth-order valence-electron chi connectivity index (χ4n) is 2.66. The van der Waals surface area contributed by atoms with Crippen LogP contribution in [-0.2, 0) is 6.54 Å². The van der Waals surface area contributed by atoms with Crippen LogP contribution in [0.15, 0.2) is 53.3 Å². The summed E-state index contributed by atoms with van der Waals surface area (Å²) in [4.78, 5) is 29.4. The maximum absolute atomic E-state index is 12.5. The molecule has 0 radical (unpaired) electrons. The van der Waals surface area contributed by atoms with Gasteiger partial charge in [-0.05, 0) is 17.7 Å². The summed E-state index contributed by atoms with van der Waals surface area (Å²) >= 11 is 0. The summed E-state index contributed by atoms with van der Waals surface area (Å²) in [6.45, 7) is 0.397. The average Bonchev–Trinajstić information content (AvgIpc) is 2.49. The maximum atomic E-state index is 12.5. The van der Waals surface area contributed by atoms with Crippen molar-refractivity contribution in [3.05, 3.63) is 75.8 Å². The molecule has 1 aliphatic rings. The highest BCUT2D eigenvalue weighted by Gasteiger charge is 2.25. The Morgan fingerprint density at radius 2 is 1.70 bits per heavy atom. The Morgan fingerprint density at radius 3 is 2.60 bits per heavy atom. The first kappa shape index (κ1) is 11.1. The second-order valence-corrected chi connectivity index (χ2v) is 4.83. The van der Waals surface area contributed by atoms with Crippen molar-refractivity contribution in [2.24, 2.45) is 0 Å². The van der Waals surface area contributed by atoms with E-state index in [1.54, 1.807) is 24.3 Å².